The van der Waals surface area contributed by atoms with Crippen LogP contribution in [0.5, 0.6) is 0 Å². The number of nitrogens with two attached hydrogens (primary N) is 1. The second-order valence-corrected chi connectivity index (χ2v) is 4.10. The third-order valence-corrected chi connectivity index (χ3v) is 2.61. The molecule has 1 aromatic carbocycles. The summed E-state index contributed by atoms with van der Waals surface area (Å²) in [5.41, 5.74) is 7.70. The van der Waals surface area contributed by atoms with Crippen molar-refractivity contribution in [3.63, 3.8) is 0 Å². The Balaban J connectivity index is 2.09. The predicted octanol–water partition coefficient (Wildman–Crippen LogP) is 2.03. The third kappa shape index (κ3) is 2.93. The highest BCUT2D eigenvalue weighted by atomic mass is 16.2. The number of hydrogen-bond donors (Lipinski definition) is 2. The predicted molar refractivity (Wildman–Crippen MR) is 71.0 cm³/mol. The Hall–Kier alpha value is -2.20. The van der Waals surface area contributed by atoms with Crippen molar-refractivity contribution in [3.8, 4) is 0 Å². The van der Waals surface area contributed by atoms with Crippen molar-refractivity contribution in [2.24, 2.45) is 5.73 Å². The molecule has 2 aromatic rings. The third-order valence-electron chi connectivity index (χ3n) is 2.61. The summed E-state index contributed by atoms with van der Waals surface area (Å²) in [6.45, 7) is 1.94. The van der Waals surface area contributed by atoms with Crippen LogP contribution in [-0.4, -0.2) is 10.9 Å². The summed E-state index contributed by atoms with van der Waals surface area (Å²) < 4.78 is 0. The van der Waals surface area contributed by atoms with Gasteiger partial charge in [0.1, 0.15) is 11.9 Å². The molecule has 18 heavy (non-hydrogen) atoms. The van der Waals surface area contributed by atoms with Crippen LogP contribution in [-0.2, 0) is 4.79 Å². The van der Waals surface area contributed by atoms with E-state index in [1.165, 1.54) is 0 Å². The molecule has 0 unspecified atom stereocenters. The number of amides is 1. The van der Waals surface area contributed by atoms with E-state index >= 15 is 0 Å². The molecule has 0 saturated carbocycles. The molecule has 1 aromatic heterocycles. The van der Waals surface area contributed by atoms with Crippen LogP contribution in [0, 0.1) is 6.92 Å². The Morgan fingerprint density at radius 3 is 2.67 bits per heavy atom. The average Bonchev–Trinajstić information content (AvgIpc) is 2.39. The first-order valence-electron chi connectivity index (χ1n) is 5.71. The van der Waals surface area contributed by atoms with Crippen LogP contribution < -0.4 is 11.1 Å². The summed E-state index contributed by atoms with van der Waals surface area (Å²) >= 11 is 0. The van der Waals surface area contributed by atoms with Gasteiger partial charge in [-0.2, -0.15) is 0 Å². The molecular formula is C14H15N3O. The Morgan fingerprint density at radius 2 is 2.00 bits per heavy atom. The van der Waals surface area contributed by atoms with Gasteiger partial charge in [0.05, 0.1) is 0 Å². The average molecular weight is 241 g/mol. The summed E-state index contributed by atoms with van der Waals surface area (Å²) in [5.74, 6) is 0.255. The maximum atomic E-state index is 11.9. The summed E-state index contributed by atoms with van der Waals surface area (Å²) in [6.07, 6.45) is 1.65. The van der Waals surface area contributed by atoms with Crippen LogP contribution in [0.1, 0.15) is 17.2 Å². The molecule has 0 aliphatic carbocycles. The van der Waals surface area contributed by atoms with E-state index in [9.17, 15) is 4.79 Å². The molecule has 0 radical (unpaired) electrons. The highest BCUT2D eigenvalue weighted by Crippen LogP contribution is 2.12. The molecule has 92 valence electrons. The number of benzene rings is 1. The van der Waals surface area contributed by atoms with E-state index in [1.54, 1.807) is 12.3 Å². The van der Waals surface area contributed by atoms with Crippen molar-refractivity contribution in [2.75, 3.05) is 5.32 Å². The molecule has 1 atom stereocenters. The Bertz CT molecular complexity index is 540. The number of nitrogens with zero attached hydrogens (tertiary/aromatic N) is 1. The summed E-state index contributed by atoms with van der Waals surface area (Å²) in [7, 11) is 0. The number of aromatic nitrogens is 1. The van der Waals surface area contributed by atoms with Gasteiger partial charge < -0.3 is 11.1 Å². The fraction of sp³-hybridized carbons (Fsp3) is 0.143. The maximum Gasteiger partial charge on any atom is 0.247 e. The van der Waals surface area contributed by atoms with Gasteiger partial charge in [-0.15, -0.1) is 0 Å². The van der Waals surface area contributed by atoms with E-state index < -0.39 is 6.04 Å². The SMILES string of the molecule is Cc1ccnc(NC(=O)[C@H](N)c2ccccc2)c1. The van der Waals surface area contributed by atoms with Gasteiger partial charge in [0.2, 0.25) is 5.91 Å². The molecule has 0 aliphatic heterocycles. The molecule has 3 N–H and O–H groups in total. The first-order chi connectivity index (χ1) is 8.66. The molecule has 4 nitrogen and oxygen atoms in total. The van der Waals surface area contributed by atoms with Gasteiger partial charge in [0, 0.05) is 6.20 Å². The maximum absolute atomic E-state index is 11.9. The summed E-state index contributed by atoms with van der Waals surface area (Å²) in [4.78, 5) is 16.0. The quantitative estimate of drug-likeness (QED) is 0.864. The zero-order chi connectivity index (χ0) is 13.0. The molecule has 0 spiro atoms. The lowest BCUT2D eigenvalue weighted by Gasteiger charge is -2.12. The standard InChI is InChI=1S/C14H15N3O/c1-10-7-8-16-12(9-10)17-14(18)13(15)11-5-3-2-4-6-11/h2-9,13H,15H2,1H3,(H,16,17,18)/t13-/m1/s1. The summed E-state index contributed by atoms with van der Waals surface area (Å²) in [6, 6.07) is 12.2. The molecule has 0 bridgehead atoms. The zero-order valence-electron chi connectivity index (χ0n) is 10.1. The van der Waals surface area contributed by atoms with Crippen molar-refractivity contribution in [1.82, 2.24) is 4.98 Å². The Morgan fingerprint density at radius 1 is 1.28 bits per heavy atom. The first-order valence-corrected chi connectivity index (χ1v) is 5.71. The van der Waals surface area contributed by atoms with Crippen LogP contribution in [0.25, 0.3) is 0 Å². The second-order valence-electron chi connectivity index (χ2n) is 4.10. The Labute approximate surface area is 106 Å². The molecule has 1 heterocycles. The topological polar surface area (TPSA) is 68.0 Å². The van der Waals surface area contributed by atoms with Gasteiger partial charge >= 0.3 is 0 Å². The highest BCUT2D eigenvalue weighted by molar-refractivity contribution is 5.94. The van der Waals surface area contributed by atoms with Crippen molar-refractivity contribution >= 4 is 11.7 Å². The largest absolute Gasteiger partial charge is 0.316 e. The molecule has 2 rings (SSSR count). The van der Waals surface area contributed by atoms with Crippen molar-refractivity contribution in [1.29, 1.82) is 0 Å². The summed E-state index contributed by atoms with van der Waals surface area (Å²) in [5, 5.41) is 2.71. The number of anilines is 1. The minimum atomic E-state index is -0.687. The molecule has 1 amide bonds. The second kappa shape index (κ2) is 5.42. The van der Waals surface area contributed by atoms with E-state index in [1.807, 2.05) is 43.3 Å². The minimum absolute atomic E-state index is 0.265. The number of pyridine rings is 1. The molecular weight excluding hydrogens is 226 g/mol. The molecule has 0 saturated heterocycles. The van der Waals surface area contributed by atoms with E-state index in [2.05, 4.69) is 10.3 Å². The van der Waals surface area contributed by atoms with Gasteiger partial charge in [-0.05, 0) is 30.2 Å². The fourth-order valence-electron chi connectivity index (χ4n) is 1.62. The number of nitrogens with one attached hydrogen (secondary N) is 1. The smallest absolute Gasteiger partial charge is 0.247 e. The van der Waals surface area contributed by atoms with E-state index in [-0.39, 0.29) is 5.91 Å². The number of carbonyl (C=O) groups is 1. The van der Waals surface area contributed by atoms with Gasteiger partial charge in [-0.3, -0.25) is 4.79 Å². The lowest BCUT2D eigenvalue weighted by atomic mass is 10.1. The Kier molecular flexibility index (Phi) is 3.69. The van der Waals surface area contributed by atoms with Gasteiger partial charge in [-0.25, -0.2) is 4.98 Å². The van der Waals surface area contributed by atoms with Crippen molar-refractivity contribution in [2.45, 2.75) is 13.0 Å². The van der Waals surface area contributed by atoms with Crippen LogP contribution in [0.3, 0.4) is 0 Å². The van der Waals surface area contributed by atoms with Gasteiger partial charge in [-0.1, -0.05) is 30.3 Å². The first kappa shape index (κ1) is 12.3. The molecule has 0 fully saturated rings. The van der Waals surface area contributed by atoms with Gasteiger partial charge in [0.15, 0.2) is 0 Å². The number of aryl methyl sites for hydroxylation is 1. The number of hydrogen-bond acceptors (Lipinski definition) is 3. The lowest BCUT2D eigenvalue weighted by molar-refractivity contribution is -0.117. The van der Waals surface area contributed by atoms with E-state index in [0.717, 1.165) is 11.1 Å². The lowest BCUT2D eigenvalue weighted by Crippen LogP contribution is -2.28. The molecule has 4 heteroatoms. The van der Waals surface area contributed by atoms with E-state index in [0.29, 0.717) is 5.82 Å². The number of rotatable bonds is 3. The minimum Gasteiger partial charge on any atom is -0.316 e. The van der Waals surface area contributed by atoms with Gasteiger partial charge in [0.25, 0.3) is 0 Å². The van der Waals surface area contributed by atoms with Crippen LogP contribution in [0.2, 0.25) is 0 Å². The van der Waals surface area contributed by atoms with Crippen molar-refractivity contribution in [3.05, 3.63) is 59.8 Å². The monoisotopic (exact) mass is 241 g/mol. The number of carbonyl (C=O) groups excluding carboxylic acids is 1. The van der Waals surface area contributed by atoms with Crippen molar-refractivity contribution < 1.29 is 4.79 Å². The fourth-order valence-corrected chi connectivity index (χ4v) is 1.62. The van der Waals surface area contributed by atoms with Crippen LogP contribution >= 0.6 is 0 Å². The highest BCUT2D eigenvalue weighted by Gasteiger charge is 2.15. The van der Waals surface area contributed by atoms with E-state index in [4.69, 9.17) is 5.73 Å². The normalized spacial score (nSPS) is 11.9. The van der Waals surface area contributed by atoms with Crippen LogP contribution in [0.4, 0.5) is 5.82 Å². The van der Waals surface area contributed by atoms with Crippen LogP contribution in [0.15, 0.2) is 48.7 Å². The molecule has 0 aliphatic rings. The zero-order valence-corrected chi connectivity index (χ0v) is 10.1.